The van der Waals surface area contributed by atoms with Gasteiger partial charge in [-0.25, -0.2) is 0 Å². The normalized spacial score (nSPS) is 21.5. The monoisotopic (exact) mass is 258 g/mol. The van der Waals surface area contributed by atoms with Gasteiger partial charge in [0.15, 0.2) is 0 Å². The predicted molar refractivity (Wildman–Crippen MR) is 78.3 cm³/mol. The van der Waals surface area contributed by atoms with Crippen LogP contribution < -0.4 is 15.8 Å². The molecular weight excluding hydrogens is 236 g/mol. The highest BCUT2D eigenvalue weighted by Gasteiger charge is 2.32. The van der Waals surface area contributed by atoms with Crippen molar-refractivity contribution in [3.8, 4) is 18.1 Å². The quantitative estimate of drug-likeness (QED) is 0.621. The molecule has 0 fully saturated rings. The van der Waals surface area contributed by atoms with Gasteiger partial charge in [-0.1, -0.05) is 6.07 Å². The summed E-state index contributed by atoms with van der Waals surface area (Å²) in [5, 5.41) is 3.56. The predicted octanol–water partition coefficient (Wildman–Crippen LogP) is 1.49. The molecule has 0 bridgehead atoms. The maximum atomic E-state index is 6.00. The Labute approximate surface area is 115 Å². The summed E-state index contributed by atoms with van der Waals surface area (Å²) in [4.78, 5) is 0. The first-order chi connectivity index (χ1) is 9.23. The van der Waals surface area contributed by atoms with Crippen molar-refractivity contribution >= 4 is 0 Å². The summed E-state index contributed by atoms with van der Waals surface area (Å²) in [6, 6.07) is 6.32. The lowest BCUT2D eigenvalue weighted by molar-refractivity contribution is 0.296. The highest BCUT2D eigenvalue weighted by atomic mass is 16.5. The number of nitrogens with two attached hydrogens (primary N) is 1. The maximum absolute atomic E-state index is 6.00. The Morgan fingerprint density at radius 3 is 3.00 bits per heavy atom. The molecule has 0 radical (unpaired) electrons. The topological polar surface area (TPSA) is 47.3 Å². The molecule has 1 aliphatic carbocycles. The lowest BCUT2D eigenvalue weighted by Gasteiger charge is -2.38. The zero-order valence-electron chi connectivity index (χ0n) is 11.5. The van der Waals surface area contributed by atoms with Crippen molar-refractivity contribution in [2.45, 2.75) is 31.2 Å². The van der Waals surface area contributed by atoms with Crippen molar-refractivity contribution < 1.29 is 4.74 Å². The molecule has 19 heavy (non-hydrogen) atoms. The Morgan fingerprint density at radius 2 is 2.32 bits per heavy atom. The number of rotatable bonds is 5. The minimum absolute atomic E-state index is 0.0176. The molecule has 1 aliphatic rings. The van der Waals surface area contributed by atoms with Gasteiger partial charge in [0, 0.05) is 25.0 Å². The molecule has 102 valence electrons. The van der Waals surface area contributed by atoms with Gasteiger partial charge in [0.25, 0.3) is 0 Å². The average molecular weight is 258 g/mol. The lowest BCUT2D eigenvalue weighted by Crippen LogP contribution is -2.55. The Balaban J connectivity index is 2.15. The van der Waals surface area contributed by atoms with E-state index in [0.29, 0.717) is 6.54 Å². The molecule has 0 aromatic heterocycles. The molecule has 0 saturated carbocycles. The third-order valence-corrected chi connectivity index (χ3v) is 3.98. The standard InChI is InChI=1S/C16H22N2O/c1-3-4-9-18-16(12-17)8-7-13-5-6-15(19-2)10-14(13)11-16/h1,5-6,10,18H,4,7-9,11-12,17H2,2H3. The van der Waals surface area contributed by atoms with Crippen LogP contribution >= 0.6 is 0 Å². The van der Waals surface area contributed by atoms with E-state index in [1.165, 1.54) is 11.1 Å². The second kappa shape index (κ2) is 6.10. The Kier molecular flexibility index (Phi) is 4.47. The summed E-state index contributed by atoms with van der Waals surface area (Å²) in [5.41, 5.74) is 8.73. The average Bonchev–Trinajstić information content (AvgIpc) is 2.46. The second-order valence-electron chi connectivity index (χ2n) is 5.18. The van der Waals surface area contributed by atoms with Crippen LogP contribution in [0.3, 0.4) is 0 Å². The highest BCUT2D eigenvalue weighted by molar-refractivity contribution is 5.39. The molecule has 0 heterocycles. The zero-order valence-corrected chi connectivity index (χ0v) is 11.5. The zero-order chi connectivity index (χ0) is 13.7. The van der Waals surface area contributed by atoms with Gasteiger partial charge in [0.1, 0.15) is 5.75 Å². The van der Waals surface area contributed by atoms with Crippen LogP contribution in [0.2, 0.25) is 0 Å². The molecule has 1 atom stereocenters. The number of benzene rings is 1. The van der Waals surface area contributed by atoms with Gasteiger partial charge < -0.3 is 15.8 Å². The number of fused-ring (bicyclic) bond motifs is 1. The molecule has 3 heteroatoms. The smallest absolute Gasteiger partial charge is 0.119 e. The Hall–Kier alpha value is -1.50. The maximum Gasteiger partial charge on any atom is 0.119 e. The van der Waals surface area contributed by atoms with Gasteiger partial charge in [-0.15, -0.1) is 12.3 Å². The van der Waals surface area contributed by atoms with Gasteiger partial charge in [-0.2, -0.15) is 0 Å². The number of ether oxygens (including phenoxy) is 1. The van der Waals surface area contributed by atoms with E-state index >= 15 is 0 Å². The summed E-state index contributed by atoms with van der Waals surface area (Å²) in [5.74, 6) is 3.57. The third kappa shape index (κ3) is 3.09. The van der Waals surface area contributed by atoms with Crippen LogP contribution in [0.25, 0.3) is 0 Å². The van der Waals surface area contributed by atoms with E-state index in [9.17, 15) is 0 Å². The van der Waals surface area contributed by atoms with Crippen molar-refractivity contribution in [3.05, 3.63) is 29.3 Å². The molecule has 1 aromatic carbocycles. The van der Waals surface area contributed by atoms with Crippen LogP contribution in [0, 0.1) is 12.3 Å². The van der Waals surface area contributed by atoms with E-state index in [1.807, 2.05) is 6.07 Å². The van der Waals surface area contributed by atoms with E-state index in [1.54, 1.807) is 7.11 Å². The van der Waals surface area contributed by atoms with E-state index in [4.69, 9.17) is 16.9 Å². The first-order valence-corrected chi connectivity index (χ1v) is 6.77. The molecule has 0 aliphatic heterocycles. The van der Waals surface area contributed by atoms with Crippen LogP contribution in [0.4, 0.5) is 0 Å². The molecular formula is C16H22N2O. The molecule has 3 nitrogen and oxygen atoms in total. The minimum atomic E-state index is -0.0176. The first-order valence-electron chi connectivity index (χ1n) is 6.77. The van der Waals surface area contributed by atoms with Crippen LogP contribution in [0.15, 0.2) is 18.2 Å². The van der Waals surface area contributed by atoms with E-state index in [0.717, 1.165) is 38.0 Å². The van der Waals surface area contributed by atoms with E-state index in [2.05, 4.69) is 23.4 Å². The number of aryl methyl sites for hydroxylation is 1. The van der Waals surface area contributed by atoms with Crippen LogP contribution in [-0.4, -0.2) is 25.7 Å². The number of nitrogens with one attached hydrogen (secondary N) is 1. The fourth-order valence-corrected chi connectivity index (χ4v) is 2.76. The van der Waals surface area contributed by atoms with Crippen LogP contribution in [-0.2, 0) is 12.8 Å². The minimum Gasteiger partial charge on any atom is -0.497 e. The lowest BCUT2D eigenvalue weighted by atomic mass is 9.77. The third-order valence-electron chi connectivity index (χ3n) is 3.98. The first kappa shape index (κ1) is 13.9. The Bertz CT molecular complexity index is 478. The highest BCUT2D eigenvalue weighted by Crippen LogP contribution is 2.30. The van der Waals surface area contributed by atoms with E-state index < -0.39 is 0 Å². The molecule has 0 saturated heterocycles. The molecule has 2 rings (SSSR count). The molecule has 0 spiro atoms. The summed E-state index contributed by atoms with van der Waals surface area (Å²) in [6.45, 7) is 1.46. The fraction of sp³-hybridized carbons (Fsp3) is 0.500. The number of methoxy groups -OCH3 is 1. The van der Waals surface area contributed by atoms with Crippen molar-refractivity contribution in [1.82, 2.24) is 5.32 Å². The molecule has 1 aromatic rings. The molecule has 0 amide bonds. The van der Waals surface area contributed by atoms with Crippen molar-refractivity contribution in [3.63, 3.8) is 0 Å². The second-order valence-corrected chi connectivity index (χ2v) is 5.18. The van der Waals surface area contributed by atoms with Crippen molar-refractivity contribution in [2.24, 2.45) is 5.73 Å². The number of terminal acetylenes is 1. The van der Waals surface area contributed by atoms with Crippen LogP contribution in [0.1, 0.15) is 24.0 Å². The summed E-state index contributed by atoms with van der Waals surface area (Å²) >= 11 is 0. The summed E-state index contributed by atoms with van der Waals surface area (Å²) < 4.78 is 5.30. The van der Waals surface area contributed by atoms with Gasteiger partial charge in [-0.3, -0.25) is 0 Å². The number of hydrogen-bond donors (Lipinski definition) is 2. The van der Waals surface area contributed by atoms with Crippen molar-refractivity contribution in [2.75, 3.05) is 20.2 Å². The van der Waals surface area contributed by atoms with Gasteiger partial charge in [0.2, 0.25) is 0 Å². The van der Waals surface area contributed by atoms with Gasteiger partial charge >= 0.3 is 0 Å². The number of hydrogen-bond acceptors (Lipinski definition) is 3. The Morgan fingerprint density at radius 1 is 1.47 bits per heavy atom. The van der Waals surface area contributed by atoms with E-state index in [-0.39, 0.29) is 5.54 Å². The largest absolute Gasteiger partial charge is 0.497 e. The fourth-order valence-electron chi connectivity index (χ4n) is 2.76. The van der Waals surface area contributed by atoms with Gasteiger partial charge in [0.05, 0.1) is 7.11 Å². The molecule has 3 N–H and O–H groups in total. The van der Waals surface area contributed by atoms with Crippen LogP contribution in [0.5, 0.6) is 5.75 Å². The van der Waals surface area contributed by atoms with Gasteiger partial charge in [-0.05, 0) is 42.5 Å². The molecule has 1 unspecified atom stereocenters. The van der Waals surface area contributed by atoms with Crippen molar-refractivity contribution in [1.29, 1.82) is 0 Å². The summed E-state index contributed by atoms with van der Waals surface area (Å²) in [7, 11) is 1.70. The SMILES string of the molecule is C#CCCNC1(CN)CCc2ccc(OC)cc2C1. The summed E-state index contributed by atoms with van der Waals surface area (Å²) in [6.07, 6.45) is 9.11.